The lowest BCUT2D eigenvalue weighted by Gasteiger charge is -2.19. The Kier molecular flexibility index (Phi) is 5.03. The number of rotatable bonds is 5. The molecule has 1 N–H and O–H groups in total. The van der Waals surface area contributed by atoms with Gasteiger partial charge in [0.05, 0.1) is 7.11 Å². The van der Waals surface area contributed by atoms with Gasteiger partial charge in [-0.05, 0) is 24.6 Å². The third kappa shape index (κ3) is 3.85. The number of halogens is 4. The second-order valence-corrected chi connectivity index (χ2v) is 5.68. The zero-order chi connectivity index (χ0) is 17.2. The molecule has 1 aromatic carbocycles. The first-order chi connectivity index (χ1) is 9.91. The van der Waals surface area contributed by atoms with Gasteiger partial charge in [0.15, 0.2) is 0 Å². The highest BCUT2D eigenvalue weighted by molar-refractivity contribution is 7.87. The van der Waals surface area contributed by atoms with Gasteiger partial charge in [-0.15, -0.1) is 0 Å². The summed E-state index contributed by atoms with van der Waals surface area (Å²) < 4.78 is 76.1. The number of alkyl halides is 4. The first kappa shape index (κ1) is 18.2. The standard InChI is InChI=1S/C11H11F4NO5S/c1-10(12,9(17)16-20-2)7-3-5-8(6-4-7)21-22(18,19)11(13,14)15/h3-6H,1-2H3,(H,16,17). The third-order valence-corrected chi connectivity index (χ3v) is 3.49. The Hall–Kier alpha value is -1.88. The molecule has 0 aliphatic rings. The van der Waals surface area contributed by atoms with Crippen LogP contribution in [0, 0.1) is 0 Å². The average molecular weight is 345 g/mol. The third-order valence-electron chi connectivity index (χ3n) is 2.51. The van der Waals surface area contributed by atoms with Gasteiger partial charge < -0.3 is 4.18 Å². The number of amides is 1. The van der Waals surface area contributed by atoms with Crippen molar-refractivity contribution in [3.63, 3.8) is 0 Å². The van der Waals surface area contributed by atoms with Crippen LogP contribution in [0.2, 0.25) is 0 Å². The zero-order valence-electron chi connectivity index (χ0n) is 11.3. The average Bonchev–Trinajstić information content (AvgIpc) is 2.37. The second-order valence-electron chi connectivity index (χ2n) is 4.15. The molecule has 11 heteroatoms. The Morgan fingerprint density at radius 1 is 1.14 bits per heavy atom. The number of benzene rings is 1. The molecule has 0 radical (unpaired) electrons. The number of carbonyl (C=O) groups excluding carboxylic acids is 1. The molecule has 6 nitrogen and oxygen atoms in total. The summed E-state index contributed by atoms with van der Waals surface area (Å²) in [4.78, 5) is 15.7. The molecule has 1 rings (SSSR count). The van der Waals surface area contributed by atoms with Crippen molar-refractivity contribution in [2.45, 2.75) is 18.1 Å². The maximum absolute atomic E-state index is 14.2. The molecule has 0 aliphatic heterocycles. The Balaban J connectivity index is 2.99. The van der Waals surface area contributed by atoms with Crippen LogP contribution in [0.1, 0.15) is 12.5 Å². The summed E-state index contributed by atoms with van der Waals surface area (Å²) in [6.45, 7) is 0.893. The van der Waals surface area contributed by atoms with Gasteiger partial charge in [-0.2, -0.15) is 21.6 Å². The molecule has 0 fully saturated rings. The van der Waals surface area contributed by atoms with Crippen LogP contribution < -0.4 is 9.66 Å². The summed E-state index contributed by atoms with van der Waals surface area (Å²) in [6.07, 6.45) is 0. The molecule has 124 valence electrons. The fraction of sp³-hybridized carbons (Fsp3) is 0.364. The van der Waals surface area contributed by atoms with Crippen molar-refractivity contribution in [1.29, 1.82) is 0 Å². The van der Waals surface area contributed by atoms with Gasteiger partial charge in [0.1, 0.15) is 5.75 Å². The van der Waals surface area contributed by atoms with Gasteiger partial charge in [-0.3, -0.25) is 9.63 Å². The normalized spacial score (nSPS) is 15.0. The molecule has 0 saturated carbocycles. The van der Waals surface area contributed by atoms with Crippen LogP contribution in [0.4, 0.5) is 17.6 Å². The Labute approximate surface area is 123 Å². The van der Waals surface area contributed by atoms with Crippen molar-refractivity contribution in [3.8, 4) is 5.75 Å². The molecule has 0 saturated heterocycles. The van der Waals surface area contributed by atoms with E-state index >= 15 is 0 Å². The second kappa shape index (κ2) is 6.08. The van der Waals surface area contributed by atoms with Crippen LogP contribution in [0.25, 0.3) is 0 Å². The predicted molar refractivity (Wildman–Crippen MR) is 65.7 cm³/mol. The van der Waals surface area contributed by atoms with Crippen LogP contribution in [0.15, 0.2) is 24.3 Å². The summed E-state index contributed by atoms with van der Waals surface area (Å²) in [5.41, 5.74) is -6.60. The van der Waals surface area contributed by atoms with Gasteiger partial charge in [0.25, 0.3) is 5.91 Å². The van der Waals surface area contributed by atoms with E-state index in [4.69, 9.17) is 0 Å². The van der Waals surface area contributed by atoms with E-state index < -0.39 is 33.0 Å². The first-order valence-corrected chi connectivity index (χ1v) is 6.96. The molecule has 1 amide bonds. The highest BCUT2D eigenvalue weighted by Gasteiger charge is 2.48. The Morgan fingerprint density at radius 3 is 2.05 bits per heavy atom. The smallest absolute Gasteiger partial charge is 0.376 e. The van der Waals surface area contributed by atoms with Crippen LogP contribution in [0.5, 0.6) is 5.75 Å². The first-order valence-electron chi connectivity index (χ1n) is 5.55. The topological polar surface area (TPSA) is 81.7 Å². The van der Waals surface area contributed by atoms with Gasteiger partial charge >= 0.3 is 15.6 Å². The number of hydrogen-bond acceptors (Lipinski definition) is 5. The number of hydrogen-bond donors (Lipinski definition) is 1. The highest BCUT2D eigenvalue weighted by Crippen LogP contribution is 2.30. The summed E-state index contributed by atoms with van der Waals surface area (Å²) in [7, 11) is -4.73. The molecule has 0 heterocycles. The van der Waals surface area contributed by atoms with E-state index in [-0.39, 0.29) is 5.56 Å². The minimum atomic E-state index is -5.82. The SMILES string of the molecule is CONC(=O)C(C)(F)c1ccc(OS(=O)(=O)C(F)(F)F)cc1. The molecule has 0 aliphatic carbocycles. The van der Waals surface area contributed by atoms with E-state index in [9.17, 15) is 30.8 Å². The maximum Gasteiger partial charge on any atom is 0.534 e. The van der Waals surface area contributed by atoms with Crippen molar-refractivity contribution in [2.75, 3.05) is 7.11 Å². The number of nitrogens with one attached hydrogen (secondary N) is 1. The van der Waals surface area contributed by atoms with Gasteiger partial charge in [-0.1, -0.05) is 12.1 Å². The van der Waals surface area contributed by atoms with Crippen LogP contribution in [0.3, 0.4) is 0 Å². The lowest BCUT2D eigenvalue weighted by atomic mass is 9.97. The van der Waals surface area contributed by atoms with E-state index in [1.165, 1.54) is 0 Å². The van der Waals surface area contributed by atoms with Crippen molar-refractivity contribution >= 4 is 16.0 Å². The van der Waals surface area contributed by atoms with E-state index in [0.717, 1.165) is 38.3 Å². The summed E-state index contributed by atoms with van der Waals surface area (Å²) >= 11 is 0. The summed E-state index contributed by atoms with van der Waals surface area (Å²) in [6, 6.07) is 3.40. The molecule has 1 aromatic rings. The lowest BCUT2D eigenvalue weighted by Crippen LogP contribution is -2.38. The van der Waals surface area contributed by atoms with Gasteiger partial charge in [0, 0.05) is 0 Å². The quantitative estimate of drug-likeness (QED) is 0.381. The minimum absolute atomic E-state index is 0.237. The highest BCUT2D eigenvalue weighted by atomic mass is 32.2. The molecular weight excluding hydrogens is 334 g/mol. The molecule has 1 atom stereocenters. The van der Waals surface area contributed by atoms with Crippen molar-refractivity contribution < 1.29 is 39.8 Å². The van der Waals surface area contributed by atoms with E-state index in [2.05, 4.69) is 9.02 Å². The fourth-order valence-corrected chi connectivity index (χ4v) is 1.78. The largest absolute Gasteiger partial charge is 0.534 e. The van der Waals surface area contributed by atoms with Crippen molar-refractivity contribution in [3.05, 3.63) is 29.8 Å². The van der Waals surface area contributed by atoms with E-state index in [0.29, 0.717) is 0 Å². The zero-order valence-corrected chi connectivity index (χ0v) is 12.1. The maximum atomic E-state index is 14.2. The van der Waals surface area contributed by atoms with Crippen LogP contribution in [-0.4, -0.2) is 26.9 Å². The predicted octanol–water partition coefficient (Wildman–Crippen LogP) is 1.78. The van der Waals surface area contributed by atoms with Gasteiger partial charge in [0.2, 0.25) is 5.67 Å². The molecule has 0 aromatic heterocycles. The van der Waals surface area contributed by atoms with Crippen LogP contribution >= 0.6 is 0 Å². The Morgan fingerprint density at radius 2 is 1.64 bits per heavy atom. The number of carbonyl (C=O) groups is 1. The lowest BCUT2D eigenvalue weighted by molar-refractivity contribution is -0.143. The van der Waals surface area contributed by atoms with Crippen molar-refractivity contribution in [1.82, 2.24) is 5.48 Å². The van der Waals surface area contributed by atoms with Crippen LogP contribution in [-0.2, 0) is 25.4 Å². The molecule has 22 heavy (non-hydrogen) atoms. The minimum Gasteiger partial charge on any atom is -0.376 e. The summed E-state index contributed by atoms with van der Waals surface area (Å²) in [5.74, 6) is -1.82. The van der Waals surface area contributed by atoms with Gasteiger partial charge in [-0.25, -0.2) is 9.87 Å². The molecular formula is C11H11F4NO5S. The molecule has 0 bridgehead atoms. The Bertz CT molecular complexity index is 639. The molecule has 1 unspecified atom stereocenters. The monoisotopic (exact) mass is 345 g/mol. The summed E-state index contributed by atoms with van der Waals surface area (Å²) in [5, 5.41) is 0. The molecule has 0 spiro atoms. The fourth-order valence-electron chi connectivity index (χ4n) is 1.32. The number of hydroxylamine groups is 1. The van der Waals surface area contributed by atoms with Crippen molar-refractivity contribution in [2.24, 2.45) is 0 Å². The van der Waals surface area contributed by atoms with E-state index in [1.807, 2.05) is 0 Å². The van der Waals surface area contributed by atoms with E-state index in [1.54, 1.807) is 5.48 Å².